The van der Waals surface area contributed by atoms with Gasteiger partial charge in [-0.05, 0) is 48.2 Å². The maximum Gasteiger partial charge on any atom is 0.276 e. The van der Waals surface area contributed by atoms with Crippen LogP contribution in [0.5, 0.6) is 5.75 Å². The molecule has 1 aliphatic rings. The molecule has 4 aromatic rings. The van der Waals surface area contributed by atoms with Gasteiger partial charge in [-0.25, -0.2) is 9.50 Å². The van der Waals surface area contributed by atoms with E-state index in [4.69, 9.17) is 9.72 Å². The zero-order valence-corrected chi connectivity index (χ0v) is 17.9. The zero-order chi connectivity index (χ0) is 22.1. The number of hydrogen-bond donors (Lipinski definition) is 1. The predicted octanol–water partition coefficient (Wildman–Crippen LogP) is 3.22. The summed E-state index contributed by atoms with van der Waals surface area (Å²) in [6.07, 6.45) is 1.67. The Balaban J connectivity index is 1.38. The largest absolute Gasteiger partial charge is 0.497 e. The van der Waals surface area contributed by atoms with Crippen molar-refractivity contribution in [2.24, 2.45) is 0 Å². The number of nitrogens with one attached hydrogen (secondary N) is 1. The number of aromatic nitrogens is 3. The number of ether oxygens (including phenoxy) is 1. The van der Waals surface area contributed by atoms with Crippen LogP contribution in [0.15, 0.2) is 65.5 Å². The highest BCUT2D eigenvalue weighted by atomic mass is 16.5. The monoisotopic (exact) mass is 428 g/mol. The second-order valence-electron chi connectivity index (χ2n) is 7.99. The smallest absolute Gasteiger partial charge is 0.276 e. The lowest BCUT2D eigenvalue weighted by Crippen LogP contribution is -2.39. The summed E-state index contributed by atoms with van der Waals surface area (Å²) in [4.78, 5) is 32.4. The Labute approximate surface area is 185 Å². The molecular weight excluding hydrogens is 404 g/mol. The Morgan fingerprint density at radius 2 is 1.91 bits per heavy atom. The van der Waals surface area contributed by atoms with E-state index in [1.54, 1.807) is 7.11 Å². The van der Waals surface area contributed by atoms with Crippen LogP contribution in [-0.2, 0) is 24.2 Å². The van der Waals surface area contributed by atoms with Gasteiger partial charge in [0.15, 0.2) is 5.65 Å². The standard InChI is InChI=1S/C25H24N4O3/c1-32-19-10-8-18(9-11-19)21-15-23-26-22-16-28(14-13-20(22)25(31)29(23)27-21)24(30)12-7-17-5-3-2-4-6-17/h2-6,8-11,15,27H,7,12-14,16H2,1H3. The molecule has 0 unspecified atom stereocenters. The number of H-pyrrole nitrogens is 1. The molecule has 1 amide bonds. The fraction of sp³-hybridized carbons (Fsp3) is 0.240. The molecule has 7 heteroatoms. The molecule has 0 aliphatic carbocycles. The first-order chi connectivity index (χ1) is 15.6. The topological polar surface area (TPSA) is 79.7 Å². The minimum atomic E-state index is -0.0962. The summed E-state index contributed by atoms with van der Waals surface area (Å²) in [6.45, 7) is 0.910. The normalized spacial score (nSPS) is 13.2. The van der Waals surface area contributed by atoms with Crippen LogP contribution in [0.3, 0.4) is 0 Å². The summed E-state index contributed by atoms with van der Waals surface area (Å²) in [7, 11) is 1.63. The number of aromatic amines is 1. The second-order valence-corrected chi connectivity index (χ2v) is 7.99. The molecular formula is C25H24N4O3. The number of nitrogens with zero attached hydrogens (tertiary/aromatic N) is 3. The molecule has 5 rings (SSSR count). The van der Waals surface area contributed by atoms with E-state index in [0.717, 1.165) is 22.6 Å². The number of rotatable bonds is 5. The number of fused-ring (bicyclic) bond motifs is 2. The van der Waals surface area contributed by atoms with Crippen LogP contribution >= 0.6 is 0 Å². The van der Waals surface area contributed by atoms with Gasteiger partial charge >= 0.3 is 0 Å². The Bertz CT molecular complexity index is 1320. The zero-order valence-electron chi connectivity index (χ0n) is 17.9. The van der Waals surface area contributed by atoms with Crippen LogP contribution in [-0.4, -0.2) is 39.1 Å². The molecule has 3 heterocycles. The van der Waals surface area contributed by atoms with Crippen molar-refractivity contribution < 1.29 is 9.53 Å². The van der Waals surface area contributed by atoms with Crippen LogP contribution in [0, 0.1) is 0 Å². The SMILES string of the molecule is COc1ccc(-c2cc3nc4c(c(=O)n3[nH]2)CCN(C(=O)CCc2ccccc2)C4)cc1. The van der Waals surface area contributed by atoms with E-state index in [0.29, 0.717) is 49.3 Å². The third kappa shape index (κ3) is 3.77. The van der Waals surface area contributed by atoms with Gasteiger partial charge in [-0.15, -0.1) is 0 Å². The molecule has 2 aromatic carbocycles. The van der Waals surface area contributed by atoms with Gasteiger partial charge < -0.3 is 9.64 Å². The van der Waals surface area contributed by atoms with Crippen molar-refractivity contribution in [1.29, 1.82) is 0 Å². The number of carbonyl (C=O) groups is 1. The first-order valence-electron chi connectivity index (χ1n) is 10.7. The third-order valence-corrected chi connectivity index (χ3v) is 5.99. The van der Waals surface area contributed by atoms with Crippen molar-refractivity contribution in [1.82, 2.24) is 19.5 Å². The van der Waals surface area contributed by atoms with Gasteiger partial charge in [-0.1, -0.05) is 30.3 Å². The summed E-state index contributed by atoms with van der Waals surface area (Å²) < 4.78 is 6.70. The minimum absolute atomic E-state index is 0.0921. The Morgan fingerprint density at radius 1 is 1.12 bits per heavy atom. The van der Waals surface area contributed by atoms with Gasteiger partial charge in [0.1, 0.15) is 5.75 Å². The van der Waals surface area contributed by atoms with E-state index in [9.17, 15) is 9.59 Å². The average molecular weight is 428 g/mol. The highest BCUT2D eigenvalue weighted by molar-refractivity contribution is 5.76. The summed E-state index contributed by atoms with van der Waals surface area (Å²) in [5.41, 5.74) is 4.71. The van der Waals surface area contributed by atoms with E-state index in [1.807, 2.05) is 65.6 Å². The first-order valence-corrected chi connectivity index (χ1v) is 10.7. The Kier molecular flexibility index (Phi) is 5.23. The van der Waals surface area contributed by atoms with Crippen molar-refractivity contribution in [3.05, 3.63) is 87.8 Å². The van der Waals surface area contributed by atoms with Crippen molar-refractivity contribution in [2.45, 2.75) is 25.8 Å². The molecule has 32 heavy (non-hydrogen) atoms. The fourth-order valence-corrected chi connectivity index (χ4v) is 4.18. The summed E-state index contributed by atoms with van der Waals surface area (Å²) in [6, 6.07) is 19.5. The summed E-state index contributed by atoms with van der Waals surface area (Å²) in [5, 5.41) is 3.16. The lowest BCUT2D eigenvalue weighted by molar-refractivity contribution is -0.132. The van der Waals surface area contributed by atoms with Crippen LogP contribution in [0.2, 0.25) is 0 Å². The van der Waals surface area contributed by atoms with Gasteiger partial charge in [0.2, 0.25) is 5.91 Å². The van der Waals surface area contributed by atoms with Crippen molar-refractivity contribution in [3.63, 3.8) is 0 Å². The molecule has 1 N–H and O–H groups in total. The number of hydrogen-bond acceptors (Lipinski definition) is 4. The van der Waals surface area contributed by atoms with E-state index in [2.05, 4.69) is 5.10 Å². The lowest BCUT2D eigenvalue weighted by atomic mass is 10.0. The first kappa shape index (κ1) is 20.1. The van der Waals surface area contributed by atoms with Crippen LogP contribution in [0.25, 0.3) is 16.9 Å². The molecule has 0 fully saturated rings. The summed E-state index contributed by atoms with van der Waals surface area (Å²) in [5.74, 6) is 0.863. The third-order valence-electron chi connectivity index (χ3n) is 5.99. The van der Waals surface area contributed by atoms with Crippen LogP contribution in [0.4, 0.5) is 0 Å². The van der Waals surface area contributed by atoms with Crippen LogP contribution < -0.4 is 10.3 Å². The number of benzene rings is 2. The molecule has 0 saturated heterocycles. The van der Waals surface area contributed by atoms with E-state index in [1.165, 1.54) is 4.52 Å². The van der Waals surface area contributed by atoms with E-state index in [-0.39, 0.29) is 11.5 Å². The number of methoxy groups -OCH3 is 1. The highest BCUT2D eigenvalue weighted by Crippen LogP contribution is 2.23. The molecule has 0 radical (unpaired) electrons. The molecule has 0 bridgehead atoms. The van der Waals surface area contributed by atoms with Crippen molar-refractivity contribution in [3.8, 4) is 17.0 Å². The van der Waals surface area contributed by atoms with Gasteiger partial charge in [-0.2, -0.15) is 0 Å². The van der Waals surface area contributed by atoms with Gasteiger partial charge in [-0.3, -0.25) is 14.7 Å². The lowest BCUT2D eigenvalue weighted by Gasteiger charge is -2.27. The maximum absolute atomic E-state index is 13.1. The van der Waals surface area contributed by atoms with Crippen molar-refractivity contribution in [2.75, 3.05) is 13.7 Å². The molecule has 1 aliphatic heterocycles. The molecule has 7 nitrogen and oxygen atoms in total. The molecule has 0 saturated carbocycles. The number of amides is 1. The van der Waals surface area contributed by atoms with E-state index < -0.39 is 0 Å². The van der Waals surface area contributed by atoms with Crippen LogP contribution in [0.1, 0.15) is 23.2 Å². The van der Waals surface area contributed by atoms with Gasteiger partial charge in [0.25, 0.3) is 5.56 Å². The molecule has 0 atom stereocenters. The Hall–Kier alpha value is -3.87. The number of aryl methyl sites for hydroxylation is 1. The fourth-order valence-electron chi connectivity index (χ4n) is 4.18. The highest BCUT2D eigenvalue weighted by Gasteiger charge is 2.25. The molecule has 162 valence electrons. The molecule has 2 aromatic heterocycles. The summed E-state index contributed by atoms with van der Waals surface area (Å²) >= 11 is 0. The second kappa shape index (κ2) is 8.34. The predicted molar refractivity (Wildman–Crippen MR) is 122 cm³/mol. The molecule has 0 spiro atoms. The minimum Gasteiger partial charge on any atom is -0.497 e. The quantitative estimate of drug-likeness (QED) is 0.529. The number of carbonyl (C=O) groups excluding carboxylic acids is 1. The van der Waals surface area contributed by atoms with Gasteiger partial charge in [0, 0.05) is 24.6 Å². The average Bonchev–Trinajstić information content (AvgIpc) is 3.27. The van der Waals surface area contributed by atoms with E-state index >= 15 is 0 Å². The Morgan fingerprint density at radius 3 is 2.66 bits per heavy atom. The van der Waals surface area contributed by atoms with Crippen molar-refractivity contribution >= 4 is 11.6 Å². The van der Waals surface area contributed by atoms with Gasteiger partial charge in [0.05, 0.1) is 25.0 Å². The maximum atomic E-state index is 13.1.